The van der Waals surface area contributed by atoms with Gasteiger partial charge < -0.3 is 15.1 Å². The third kappa shape index (κ3) is 5.47. The second kappa shape index (κ2) is 10.7. The summed E-state index contributed by atoms with van der Waals surface area (Å²) in [5.41, 5.74) is 0.394. The van der Waals surface area contributed by atoms with E-state index in [1.807, 2.05) is 5.38 Å². The van der Waals surface area contributed by atoms with Gasteiger partial charge >= 0.3 is 0 Å². The van der Waals surface area contributed by atoms with Crippen molar-refractivity contribution in [3.8, 4) is 0 Å². The molecule has 1 aromatic heterocycles. The number of rotatable bonds is 6. The zero-order valence-corrected chi connectivity index (χ0v) is 19.6. The van der Waals surface area contributed by atoms with Crippen molar-refractivity contribution in [2.45, 2.75) is 38.0 Å². The number of hydrogen-bond acceptors (Lipinski definition) is 5. The maximum Gasteiger partial charge on any atom is 0.270 e. The largest absolute Gasteiger partial charge is 0.349 e. The highest BCUT2D eigenvalue weighted by atomic mass is 35.5. The molecule has 0 radical (unpaired) electrons. The molecule has 0 spiro atoms. The molecule has 2 aliphatic heterocycles. The number of carbonyl (C=O) groups excluding carboxylic acids is 2. The molecule has 0 aliphatic carbocycles. The van der Waals surface area contributed by atoms with Gasteiger partial charge in [0.2, 0.25) is 0 Å². The molecule has 2 fully saturated rings. The predicted octanol–water partition coefficient (Wildman–Crippen LogP) is 4.17. The number of benzene rings is 1. The van der Waals surface area contributed by atoms with Gasteiger partial charge in [-0.3, -0.25) is 9.59 Å². The molecule has 0 saturated carbocycles. The molecular weight excluding hydrogens is 451 g/mol. The van der Waals surface area contributed by atoms with Gasteiger partial charge in [-0.2, -0.15) is 0 Å². The van der Waals surface area contributed by atoms with Crippen molar-refractivity contribution in [3.05, 3.63) is 50.7 Å². The van der Waals surface area contributed by atoms with E-state index in [0.29, 0.717) is 25.3 Å². The molecule has 0 atom stereocenters. The molecule has 9 heteroatoms. The van der Waals surface area contributed by atoms with Crippen molar-refractivity contribution in [2.24, 2.45) is 0 Å². The molecule has 2 aliphatic rings. The average molecular weight is 479 g/mol. The summed E-state index contributed by atoms with van der Waals surface area (Å²) in [5.74, 6) is -0.915. The van der Waals surface area contributed by atoms with Gasteiger partial charge in [0.1, 0.15) is 11.5 Å². The molecular formula is C23H28ClFN4O2S. The molecule has 2 aromatic rings. The molecule has 0 unspecified atom stereocenters. The highest BCUT2D eigenvalue weighted by Gasteiger charge is 2.29. The van der Waals surface area contributed by atoms with Gasteiger partial charge in [0.25, 0.3) is 11.8 Å². The zero-order chi connectivity index (χ0) is 22.5. The van der Waals surface area contributed by atoms with Crippen LogP contribution in [-0.2, 0) is 0 Å². The Bertz CT molecular complexity index is 935. The minimum atomic E-state index is -0.597. The van der Waals surface area contributed by atoms with E-state index in [-0.39, 0.29) is 28.3 Å². The van der Waals surface area contributed by atoms with E-state index in [4.69, 9.17) is 11.6 Å². The van der Waals surface area contributed by atoms with Crippen LogP contribution in [0, 0.1) is 5.82 Å². The summed E-state index contributed by atoms with van der Waals surface area (Å²) in [5, 5.41) is 5.83. The Hall–Kier alpha value is -2.03. The topological polar surface area (TPSA) is 65.5 Å². The van der Waals surface area contributed by atoms with Crippen LogP contribution in [0.1, 0.15) is 63.9 Å². The number of amides is 2. The fourth-order valence-electron chi connectivity index (χ4n) is 4.37. The Morgan fingerprint density at radius 1 is 1.16 bits per heavy atom. The first-order valence-electron chi connectivity index (χ1n) is 11.2. The third-order valence-corrected chi connectivity index (χ3v) is 7.55. The predicted molar refractivity (Wildman–Crippen MR) is 124 cm³/mol. The van der Waals surface area contributed by atoms with Crippen LogP contribution >= 0.6 is 22.9 Å². The van der Waals surface area contributed by atoms with E-state index < -0.39 is 5.82 Å². The monoisotopic (exact) mass is 478 g/mol. The summed E-state index contributed by atoms with van der Waals surface area (Å²) in [6, 6.07) is 4.27. The highest BCUT2D eigenvalue weighted by molar-refractivity contribution is 7.09. The first-order valence-corrected chi connectivity index (χ1v) is 12.5. The fraction of sp³-hybridized carbons (Fsp3) is 0.522. The number of nitrogens with one attached hydrogen (secondary N) is 1. The van der Waals surface area contributed by atoms with E-state index in [1.165, 1.54) is 48.8 Å². The smallest absolute Gasteiger partial charge is 0.270 e. The van der Waals surface area contributed by atoms with Crippen LogP contribution in [0.15, 0.2) is 23.6 Å². The van der Waals surface area contributed by atoms with E-state index in [2.05, 4.69) is 15.2 Å². The van der Waals surface area contributed by atoms with E-state index >= 15 is 0 Å². The molecule has 4 rings (SSSR count). The normalized spacial score (nSPS) is 18.0. The Morgan fingerprint density at radius 3 is 2.62 bits per heavy atom. The van der Waals surface area contributed by atoms with Crippen LogP contribution in [0.2, 0.25) is 5.02 Å². The van der Waals surface area contributed by atoms with E-state index in [1.54, 1.807) is 4.90 Å². The second-order valence-corrected chi connectivity index (χ2v) is 9.69. The van der Waals surface area contributed by atoms with Gasteiger partial charge in [-0.15, -0.1) is 11.3 Å². The number of aromatic nitrogens is 1. The van der Waals surface area contributed by atoms with E-state index in [9.17, 15) is 14.0 Å². The van der Waals surface area contributed by atoms with E-state index in [0.717, 1.165) is 37.5 Å². The first-order chi connectivity index (χ1) is 15.5. The molecule has 172 valence electrons. The van der Waals surface area contributed by atoms with Gasteiger partial charge in [-0.05, 0) is 50.9 Å². The van der Waals surface area contributed by atoms with Gasteiger partial charge in [0.15, 0.2) is 0 Å². The van der Waals surface area contributed by atoms with Crippen molar-refractivity contribution in [2.75, 3.05) is 39.3 Å². The van der Waals surface area contributed by atoms with Gasteiger partial charge in [0, 0.05) is 37.5 Å². The molecule has 6 nitrogen and oxygen atoms in total. The summed E-state index contributed by atoms with van der Waals surface area (Å²) in [4.78, 5) is 33.8. The Morgan fingerprint density at radius 2 is 1.91 bits per heavy atom. The average Bonchev–Trinajstić information content (AvgIpc) is 3.30. The number of likely N-dealkylation sites (tertiary alicyclic amines) is 2. The molecule has 2 saturated heterocycles. The number of nitrogens with zero attached hydrogens (tertiary/aromatic N) is 3. The van der Waals surface area contributed by atoms with Gasteiger partial charge in [-0.1, -0.05) is 24.1 Å². The molecule has 3 heterocycles. The van der Waals surface area contributed by atoms with Crippen LogP contribution in [-0.4, -0.2) is 65.9 Å². The lowest BCUT2D eigenvalue weighted by atomic mass is 9.97. The summed E-state index contributed by atoms with van der Waals surface area (Å²) in [6.07, 6.45) is 5.22. The van der Waals surface area contributed by atoms with Crippen molar-refractivity contribution < 1.29 is 14.0 Å². The minimum absolute atomic E-state index is 0.0645. The molecule has 32 heavy (non-hydrogen) atoms. The second-order valence-electron chi connectivity index (χ2n) is 8.39. The lowest BCUT2D eigenvalue weighted by molar-refractivity contribution is 0.0708. The third-order valence-electron chi connectivity index (χ3n) is 6.22. The lowest BCUT2D eigenvalue weighted by Crippen LogP contribution is -2.38. The van der Waals surface area contributed by atoms with Crippen molar-refractivity contribution in [1.29, 1.82) is 0 Å². The number of piperidine rings is 2. The van der Waals surface area contributed by atoms with Crippen molar-refractivity contribution in [1.82, 2.24) is 20.1 Å². The van der Waals surface area contributed by atoms with Crippen LogP contribution in [0.25, 0.3) is 0 Å². The van der Waals surface area contributed by atoms with Crippen LogP contribution in [0.3, 0.4) is 0 Å². The van der Waals surface area contributed by atoms with Crippen molar-refractivity contribution >= 4 is 34.8 Å². The van der Waals surface area contributed by atoms with Gasteiger partial charge in [-0.25, -0.2) is 9.37 Å². The number of carbonyl (C=O) groups is 2. The number of thiazole rings is 1. The molecule has 0 bridgehead atoms. The summed E-state index contributed by atoms with van der Waals surface area (Å²) in [6.45, 7) is 4.74. The standard InChI is InChI=1S/C23H28ClFN4O2S/c24-17-5-4-6-18(25)20(17)23(31)29-12-7-16(8-13-29)22-27-19(15-32-22)21(30)26-9-14-28-10-2-1-3-11-28/h4-6,15-16H,1-3,7-14H2,(H,26,30). The molecule has 2 amide bonds. The maximum atomic E-state index is 14.1. The van der Waals surface area contributed by atoms with Crippen LogP contribution in [0.5, 0.6) is 0 Å². The fourth-order valence-corrected chi connectivity index (χ4v) is 5.59. The number of hydrogen-bond donors (Lipinski definition) is 1. The zero-order valence-electron chi connectivity index (χ0n) is 18.0. The maximum absolute atomic E-state index is 14.1. The quantitative estimate of drug-likeness (QED) is 0.676. The highest BCUT2D eigenvalue weighted by Crippen LogP contribution is 2.31. The summed E-state index contributed by atoms with van der Waals surface area (Å²) in [7, 11) is 0. The summed E-state index contributed by atoms with van der Waals surface area (Å²) >= 11 is 7.53. The molecule has 1 N–H and O–H groups in total. The first kappa shape index (κ1) is 23.1. The van der Waals surface area contributed by atoms with Crippen LogP contribution in [0.4, 0.5) is 4.39 Å². The Labute approximate surface area is 196 Å². The summed E-state index contributed by atoms with van der Waals surface area (Å²) < 4.78 is 14.1. The Balaban J connectivity index is 1.27. The lowest BCUT2D eigenvalue weighted by Gasteiger charge is -2.31. The Kier molecular flexibility index (Phi) is 7.75. The van der Waals surface area contributed by atoms with Gasteiger partial charge in [0.05, 0.1) is 15.6 Å². The molecule has 1 aromatic carbocycles. The SMILES string of the molecule is O=C(NCCN1CCCCC1)c1csc(C2CCN(C(=O)c3c(F)cccc3Cl)CC2)n1. The van der Waals surface area contributed by atoms with Crippen LogP contribution < -0.4 is 5.32 Å². The van der Waals surface area contributed by atoms with Crippen molar-refractivity contribution in [3.63, 3.8) is 0 Å². The number of halogens is 2. The minimum Gasteiger partial charge on any atom is -0.349 e.